The van der Waals surface area contributed by atoms with Gasteiger partial charge < -0.3 is 20.8 Å². The van der Waals surface area contributed by atoms with Gasteiger partial charge in [0.15, 0.2) is 0 Å². The van der Waals surface area contributed by atoms with Gasteiger partial charge in [-0.2, -0.15) is 0 Å². The van der Waals surface area contributed by atoms with Gasteiger partial charge in [0.1, 0.15) is 0 Å². The van der Waals surface area contributed by atoms with Crippen molar-refractivity contribution in [3.05, 3.63) is 48.0 Å². The zero-order valence-electron chi connectivity index (χ0n) is 12.4. The van der Waals surface area contributed by atoms with Gasteiger partial charge in [0, 0.05) is 24.0 Å². The fourth-order valence-corrected chi connectivity index (χ4v) is 2.82. The Bertz CT molecular complexity index is 596. The molecule has 0 aliphatic heterocycles. The number of nitrogen functional groups attached to an aromatic ring is 1. The molecule has 0 bridgehead atoms. The summed E-state index contributed by atoms with van der Waals surface area (Å²) >= 11 is 3.44. The lowest BCUT2D eigenvalue weighted by Gasteiger charge is -2.25. The fourth-order valence-electron chi connectivity index (χ4n) is 2.45. The molecule has 4 nitrogen and oxygen atoms in total. The summed E-state index contributed by atoms with van der Waals surface area (Å²) in [4.78, 5) is 1.89. The Morgan fingerprint density at radius 1 is 0.955 bits per heavy atom. The minimum absolute atomic E-state index is 0.0175. The van der Waals surface area contributed by atoms with Crippen LogP contribution >= 0.6 is 15.9 Å². The molecule has 2 aromatic rings. The number of halogens is 1. The summed E-state index contributed by atoms with van der Waals surface area (Å²) in [7, 11) is 0. The highest BCUT2D eigenvalue weighted by molar-refractivity contribution is 9.08. The first-order valence-electron chi connectivity index (χ1n) is 7.21. The van der Waals surface area contributed by atoms with E-state index in [1.54, 1.807) is 0 Å². The zero-order chi connectivity index (χ0) is 15.9. The van der Waals surface area contributed by atoms with Gasteiger partial charge in [-0.15, -0.1) is 0 Å². The van der Waals surface area contributed by atoms with Crippen molar-refractivity contribution in [2.45, 2.75) is 5.33 Å². The van der Waals surface area contributed by atoms with Gasteiger partial charge in [0.05, 0.1) is 24.6 Å². The third kappa shape index (κ3) is 3.80. The SMILES string of the molecule is Nc1c(-c2ccc(CBr)cc2)cccc1N(CCO)CCO. The number of benzene rings is 2. The highest BCUT2D eigenvalue weighted by atomic mass is 79.9. The first-order chi connectivity index (χ1) is 10.7. The van der Waals surface area contributed by atoms with Gasteiger partial charge in [0.2, 0.25) is 0 Å². The molecule has 0 heterocycles. The zero-order valence-corrected chi connectivity index (χ0v) is 14.0. The van der Waals surface area contributed by atoms with E-state index in [0.29, 0.717) is 18.8 Å². The van der Waals surface area contributed by atoms with Crippen LogP contribution in [0.1, 0.15) is 5.56 Å². The average Bonchev–Trinajstić information content (AvgIpc) is 2.55. The molecule has 0 radical (unpaired) electrons. The summed E-state index contributed by atoms with van der Waals surface area (Å²) in [6, 6.07) is 14.1. The van der Waals surface area contributed by atoms with Crippen LogP contribution in [0.3, 0.4) is 0 Å². The fraction of sp³-hybridized carbons (Fsp3) is 0.294. The minimum Gasteiger partial charge on any atom is -0.397 e. The molecule has 0 unspecified atom stereocenters. The van der Waals surface area contributed by atoms with E-state index in [-0.39, 0.29) is 13.2 Å². The number of aliphatic hydroxyl groups excluding tert-OH is 2. The van der Waals surface area contributed by atoms with Crippen LogP contribution in [-0.2, 0) is 5.33 Å². The van der Waals surface area contributed by atoms with Crippen molar-refractivity contribution in [1.29, 1.82) is 0 Å². The molecule has 5 heteroatoms. The molecule has 0 atom stereocenters. The van der Waals surface area contributed by atoms with Gasteiger partial charge in [-0.25, -0.2) is 0 Å². The van der Waals surface area contributed by atoms with Gasteiger partial charge >= 0.3 is 0 Å². The summed E-state index contributed by atoms with van der Waals surface area (Å²) in [5.74, 6) is 0. The number of para-hydroxylation sites is 1. The Balaban J connectivity index is 2.38. The van der Waals surface area contributed by atoms with Crippen molar-refractivity contribution < 1.29 is 10.2 Å². The second-order valence-corrected chi connectivity index (χ2v) is 5.56. The first-order valence-corrected chi connectivity index (χ1v) is 8.33. The van der Waals surface area contributed by atoms with Crippen LogP contribution in [0.4, 0.5) is 11.4 Å². The molecule has 0 saturated carbocycles. The van der Waals surface area contributed by atoms with Crippen LogP contribution in [0.25, 0.3) is 11.1 Å². The van der Waals surface area contributed by atoms with E-state index < -0.39 is 0 Å². The number of nitrogens with zero attached hydrogens (tertiary/aromatic N) is 1. The maximum atomic E-state index is 9.19. The van der Waals surface area contributed by atoms with Gasteiger partial charge in [-0.1, -0.05) is 52.3 Å². The molecule has 0 spiro atoms. The van der Waals surface area contributed by atoms with Crippen LogP contribution in [-0.4, -0.2) is 36.5 Å². The first kappa shape index (κ1) is 16.8. The summed E-state index contributed by atoms with van der Waals surface area (Å²) < 4.78 is 0. The van der Waals surface area contributed by atoms with E-state index in [4.69, 9.17) is 5.73 Å². The Labute approximate surface area is 139 Å². The van der Waals surface area contributed by atoms with Crippen molar-refractivity contribution >= 4 is 27.3 Å². The predicted octanol–water partition coefficient (Wildman–Crippen LogP) is 2.62. The van der Waals surface area contributed by atoms with Crippen LogP contribution in [0.5, 0.6) is 0 Å². The number of hydrogen-bond acceptors (Lipinski definition) is 4. The molecule has 22 heavy (non-hydrogen) atoms. The molecular weight excluding hydrogens is 344 g/mol. The molecule has 2 rings (SSSR count). The summed E-state index contributed by atoms with van der Waals surface area (Å²) in [5.41, 5.74) is 11.1. The summed E-state index contributed by atoms with van der Waals surface area (Å²) in [5, 5.41) is 19.2. The number of alkyl halides is 1. The Kier molecular flexibility index (Phi) is 6.24. The molecule has 2 aromatic carbocycles. The van der Waals surface area contributed by atoms with Crippen molar-refractivity contribution in [2.75, 3.05) is 36.9 Å². The lowest BCUT2D eigenvalue weighted by Crippen LogP contribution is -2.30. The van der Waals surface area contributed by atoms with Gasteiger partial charge in [0.25, 0.3) is 0 Å². The summed E-state index contributed by atoms with van der Waals surface area (Å²) in [6.07, 6.45) is 0. The Morgan fingerprint density at radius 2 is 1.59 bits per heavy atom. The second-order valence-electron chi connectivity index (χ2n) is 5.00. The maximum Gasteiger partial charge on any atom is 0.0631 e. The van der Waals surface area contributed by atoms with E-state index in [9.17, 15) is 10.2 Å². The van der Waals surface area contributed by atoms with E-state index in [0.717, 1.165) is 22.1 Å². The largest absolute Gasteiger partial charge is 0.397 e. The van der Waals surface area contributed by atoms with Crippen molar-refractivity contribution in [1.82, 2.24) is 0 Å². The highest BCUT2D eigenvalue weighted by Crippen LogP contribution is 2.34. The molecule has 4 N–H and O–H groups in total. The van der Waals surface area contributed by atoms with Crippen molar-refractivity contribution in [3.63, 3.8) is 0 Å². The highest BCUT2D eigenvalue weighted by Gasteiger charge is 2.12. The summed E-state index contributed by atoms with van der Waals surface area (Å²) in [6.45, 7) is 0.917. The van der Waals surface area contributed by atoms with Crippen LogP contribution in [0.15, 0.2) is 42.5 Å². The number of nitrogens with two attached hydrogens (primary N) is 1. The third-order valence-electron chi connectivity index (χ3n) is 3.58. The lowest BCUT2D eigenvalue weighted by atomic mass is 10.0. The molecule has 0 amide bonds. The maximum absolute atomic E-state index is 9.19. The van der Waals surface area contributed by atoms with E-state index in [1.807, 2.05) is 23.1 Å². The average molecular weight is 365 g/mol. The molecule has 118 valence electrons. The van der Waals surface area contributed by atoms with Gasteiger partial charge in [-0.3, -0.25) is 0 Å². The van der Waals surface area contributed by atoms with E-state index in [1.165, 1.54) is 5.56 Å². The molecular formula is C17H21BrN2O2. The Morgan fingerprint density at radius 3 is 2.14 bits per heavy atom. The number of rotatable bonds is 7. The van der Waals surface area contributed by atoms with Crippen LogP contribution in [0, 0.1) is 0 Å². The lowest BCUT2D eigenvalue weighted by molar-refractivity contribution is 0.281. The molecule has 0 aliphatic rings. The van der Waals surface area contributed by atoms with Crippen molar-refractivity contribution in [2.24, 2.45) is 0 Å². The van der Waals surface area contributed by atoms with E-state index >= 15 is 0 Å². The van der Waals surface area contributed by atoms with E-state index in [2.05, 4.69) is 40.2 Å². The monoisotopic (exact) mass is 364 g/mol. The number of aliphatic hydroxyl groups is 2. The van der Waals surface area contributed by atoms with Crippen molar-refractivity contribution in [3.8, 4) is 11.1 Å². The number of anilines is 2. The minimum atomic E-state index is 0.0175. The standard InChI is InChI=1S/C17H21BrN2O2/c18-12-13-4-6-14(7-5-13)15-2-1-3-16(17(15)19)20(8-10-21)9-11-22/h1-7,21-22H,8-12,19H2. The van der Waals surface area contributed by atoms with Crippen LogP contribution < -0.4 is 10.6 Å². The topological polar surface area (TPSA) is 69.7 Å². The molecule has 0 aromatic heterocycles. The third-order valence-corrected chi connectivity index (χ3v) is 4.23. The number of hydrogen-bond donors (Lipinski definition) is 3. The normalized spacial score (nSPS) is 10.7. The molecule has 0 aliphatic carbocycles. The second kappa shape index (κ2) is 8.17. The van der Waals surface area contributed by atoms with Crippen LogP contribution in [0.2, 0.25) is 0 Å². The smallest absolute Gasteiger partial charge is 0.0631 e. The predicted molar refractivity (Wildman–Crippen MR) is 95.3 cm³/mol. The van der Waals surface area contributed by atoms with Gasteiger partial charge in [-0.05, 0) is 17.2 Å². The molecule has 0 saturated heterocycles. The quantitative estimate of drug-likeness (QED) is 0.521. The molecule has 0 fully saturated rings. The Hall–Kier alpha value is -1.56.